The first kappa shape index (κ1) is 18.8. The summed E-state index contributed by atoms with van der Waals surface area (Å²) in [6.07, 6.45) is 4.96. The highest BCUT2D eigenvalue weighted by Gasteiger charge is 2.48. The average Bonchev–Trinajstić information content (AvgIpc) is 3.25. The molecule has 2 aliphatic rings. The number of rotatable bonds is 4. The lowest BCUT2D eigenvalue weighted by atomic mass is 9.91. The van der Waals surface area contributed by atoms with Crippen molar-refractivity contribution in [2.24, 2.45) is 0 Å². The number of likely N-dealkylation sites (tertiary alicyclic amines) is 1. The molecule has 2 aromatic heterocycles. The number of carbonyl (C=O) groups is 2. The van der Waals surface area contributed by atoms with Crippen molar-refractivity contribution in [1.29, 1.82) is 0 Å². The van der Waals surface area contributed by atoms with Gasteiger partial charge in [0.25, 0.3) is 5.91 Å². The molecule has 0 aromatic carbocycles. The molecule has 2 amide bonds. The fourth-order valence-electron chi connectivity index (χ4n) is 4.35. The minimum Gasteiger partial charge on any atom is -0.441 e. The normalized spacial score (nSPS) is 20.0. The van der Waals surface area contributed by atoms with Gasteiger partial charge in [-0.25, -0.2) is 9.78 Å². The van der Waals surface area contributed by atoms with Crippen LogP contribution >= 0.6 is 0 Å². The van der Waals surface area contributed by atoms with Gasteiger partial charge < -0.3 is 18.9 Å². The van der Waals surface area contributed by atoms with Crippen molar-refractivity contribution in [1.82, 2.24) is 19.2 Å². The van der Waals surface area contributed by atoms with E-state index in [0.29, 0.717) is 38.2 Å². The van der Waals surface area contributed by atoms with E-state index in [1.807, 2.05) is 39.3 Å². The SMILES string of the molecule is CCC[C@@H](C)N1CC2(CCN(C(=O)c3cn4c(C)cccc4n3)CC2)OC1=O. The fraction of sp³-hybridized carbons (Fsp3) is 0.571. The van der Waals surface area contributed by atoms with E-state index in [1.54, 1.807) is 6.20 Å². The zero-order valence-corrected chi connectivity index (χ0v) is 16.9. The van der Waals surface area contributed by atoms with Crippen molar-refractivity contribution in [3.05, 3.63) is 35.8 Å². The Morgan fingerprint density at radius 2 is 2.07 bits per heavy atom. The van der Waals surface area contributed by atoms with Crippen LogP contribution in [0.1, 0.15) is 55.7 Å². The molecule has 2 aromatic rings. The summed E-state index contributed by atoms with van der Waals surface area (Å²) < 4.78 is 7.73. The minimum absolute atomic E-state index is 0.0570. The minimum atomic E-state index is -0.453. The first-order valence-corrected chi connectivity index (χ1v) is 10.2. The van der Waals surface area contributed by atoms with E-state index in [-0.39, 0.29) is 18.0 Å². The van der Waals surface area contributed by atoms with Crippen LogP contribution < -0.4 is 0 Å². The van der Waals surface area contributed by atoms with E-state index in [4.69, 9.17) is 4.74 Å². The Morgan fingerprint density at radius 3 is 2.75 bits per heavy atom. The second-order valence-corrected chi connectivity index (χ2v) is 8.13. The summed E-state index contributed by atoms with van der Waals surface area (Å²) in [6.45, 7) is 7.98. The number of hydrogen-bond acceptors (Lipinski definition) is 4. The molecular formula is C21H28N4O3. The maximum atomic E-state index is 12.9. The molecule has 2 fully saturated rings. The Kier molecular flexibility index (Phi) is 4.77. The van der Waals surface area contributed by atoms with Gasteiger partial charge in [-0.2, -0.15) is 0 Å². The van der Waals surface area contributed by atoms with Crippen LogP contribution in [-0.4, -0.2) is 62.5 Å². The maximum Gasteiger partial charge on any atom is 0.410 e. The van der Waals surface area contributed by atoms with Crippen LogP contribution in [0.2, 0.25) is 0 Å². The molecule has 1 atom stereocenters. The van der Waals surface area contributed by atoms with Crippen molar-refractivity contribution in [3.63, 3.8) is 0 Å². The van der Waals surface area contributed by atoms with Gasteiger partial charge >= 0.3 is 6.09 Å². The van der Waals surface area contributed by atoms with Crippen LogP contribution in [0.3, 0.4) is 0 Å². The molecule has 2 aliphatic heterocycles. The van der Waals surface area contributed by atoms with E-state index in [0.717, 1.165) is 24.2 Å². The van der Waals surface area contributed by atoms with Crippen LogP contribution in [0.15, 0.2) is 24.4 Å². The summed E-state index contributed by atoms with van der Waals surface area (Å²) in [7, 11) is 0. The molecule has 0 saturated carbocycles. The molecule has 4 heterocycles. The van der Waals surface area contributed by atoms with Gasteiger partial charge in [0.05, 0.1) is 6.54 Å². The molecular weight excluding hydrogens is 356 g/mol. The lowest BCUT2D eigenvalue weighted by Crippen LogP contribution is -2.49. The number of pyridine rings is 1. The molecule has 1 spiro atoms. The molecule has 28 heavy (non-hydrogen) atoms. The van der Waals surface area contributed by atoms with Gasteiger partial charge in [0.15, 0.2) is 0 Å². The summed E-state index contributed by atoms with van der Waals surface area (Å²) in [6, 6.07) is 6.03. The average molecular weight is 384 g/mol. The second kappa shape index (κ2) is 7.11. The van der Waals surface area contributed by atoms with Gasteiger partial charge in [0.1, 0.15) is 16.9 Å². The largest absolute Gasteiger partial charge is 0.441 e. The molecule has 4 rings (SSSR count). The number of imidazole rings is 1. The highest BCUT2D eigenvalue weighted by molar-refractivity contribution is 5.93. The quantitative estimate of drug-likeness (QED) is 0.811. The molecule has 0 unspecified atom stereocenters. The molecule has 0 bridgehead atoms. The lowest BCUT2D eigenvalue weighted by molar-refractivity contribution is 0.00291. The molecule has 7 heteroatoms. The van der Waals surface area contributed by atoms with Crippen molar-refractivity contribution in [3.8, 4) is 0 Å². The summed E-state index contributed by atoms with van der Waals surface area (Å²) in [5.74, 6) is -0.0570. The predicted octanol–water partition coefficient (Wildman–Crippen LogP) is 3.26. The fourth-order valence-corrected chi connectivity index (χ4v) is 4.35. The number of amides is 2. The Hall–Kier alpha value is -2.57. The summed E-state index contributed by atoms with van der Waals surface area (Å²) >= 11 is 0. The second-order valence-electron chi connectivity index (χ2n) is 8.13. The van der Waals surface area contributed by atoms with Crippen molar-refractivity contribution < 1.29 is 14.3 Å². The zero-order chi connectivity index (χ0) is 19.9. The number of aromatic nitrogens is 2. The van der Waals surface area contributed by atoms with Crippen LogP contribution in [-0.2, 0) is 4.74 Å². The number of hydrogen-bond donors (Lipinski definition) is 0. The first-order chi connectivity index (χ1) is 13.4. The molecule has 0 aliphatic carbocycles. The number of piperidine rings is 1. The van der Waals surface area contributed by atoms with Gasteiger partial charge in [-0.3, -0.25) is 4.79 Å². The number of nitrogens with zero attached hydrogens (tertiary/aromatic N) is 4. The molecule has 0 radical (unpaired) electrons. The number of carbonyl (C=O) groups excluding carboxylic acids is 2. The van der Waals surface area contributed by atoms with Gasteiger partial charge in [-0.05, 0) is 32.4 Å². The zero-order valence-electron chi connectivity index (χ0n) is 16.9. The Balaban J connectivity index is 1.43. The molecule has 150 valence electrons. The maximum absolute atomic E-state index is 12.9. The van der Waals surface area contributed by atoms with E-state index < -0.39 is 5.60 Å². The summed E-state index contributed by atoms with van der Waals surface area (Å²) in [5, 5.41) is 0. The van der Waals surface area contributed by atoms with Crippen LogP contribution in [0.25, 0.3) is 5.65 Å². The Morgan fingerprint density at radius 1 is 1.32 bits per heavy atom. The number of aryl methyl sites for hydroxylation is 1. The Bertz CT molecular complexity index is 898. The topological polar surface area (TPSA) is 67.2 Å². The molecule has 7 nitrogen and oxygen atoms in total. The molecule has 0 N–H and O–H groups in total. The smallest absolute Gasteiger partial charge is 0.410 e. The predicted molar refractivity (Wildman–Crippen MR) is 105 cm³/mol. The van der Waals surface area contributed by atoms with E-state index in [9.17, 15) is 9.59 Å². The first-order valence-electron chi connectivity index (χ1n) is 10.2. The Labute approximate surface area is 165 Å². The third kappa shape index (κ3) is 3.23. The summed E-state index contributed by atoms with van der Waals surface area (Å²) in [4.78, 5) is 33.4. The van der Waals surface area contributed by atoms with E-state index in [2.05, 4.69) is 18.8 Å². The van der Waals surface area contributed by atoms with E-state index in [1.165, 1.54) is 0 Å². The lowest BCUT2D eigenvalue weighted by Gasteiger charge is -2.37. The number of ether oxygens (including phenoxy) is 1. The van der Waals surface area contributed by atoms with E-state index >= 15 is 0 Å². The monoisotopic (exact) mass is 384 g/mol. The van der Waals surface area contributed by atoms with Crippen molar-refractivity contribution in [2.45, 2.75) is 58.1 Å². The van der Waals surface area contributed by atoms with Crippen LogP contribution in [0, 0.1) is 6.92 Å². The standard InChI is InChI=1S/C21H28N4O3/c1-4-6-15(2)25-14-21(28-20(25)27)9-11-23(12-10-21)19(26)17-13-24-16(3)7-5-8-18(24)22-17/h5,7-8,13,15H,4,6,9-12,14H2,1-3H3/t15-/m1/s1. The third-order valence-corrected chi connectivity index (χ3v) is 6.11. The van der Waals surface area contributed by atoms with Gasteiger partial charge in [0.2, 0.25) is 0 Å². The van der Waals surface area contributed by atoms with Gasteiger partial charge in [-0.1, -0.05) is 19.4 Å². The third-order valence-electron chi connectivity index (χ3n) is 6.11. The van der Waals surface area contributed by atoms with Gasteiger partial charge in [-0.15, -0.1) is 0 Å². The summed E-state index contributed by atoms with van der Waals surface area (Å²) in [5.41, 5.74) is 1.83. The van der Waals surface area contributed by atoms with Gasteiger partial charge in [0, 0.05) is 43.9 Å². The molecule has 2 saturated heterocycles. The van der Waals surface area contributed by atoms with Crippen molar-refractivity contribution in [2.75, 3.05) is 19.6 Å². The van der Waals surface area contributed by atoms with Crippen molar-refractivity contribution >= 4 is 17.6 Å². The van der Waals surface area contributed by atoms with Crippen LogP contribution in [0.5, 0.6) is 0 Å². The highest BCUT2D eigenvalue weighted by Crippen LogP contribution is 2.35. The highest BCUT2D eigenvalue weighted by atomic mass is 16.6. The van der Waals surface area contributed by atoms with Crippen LogP contribution in [0.4, 0.5) is 4.79 Å². The number of fused-ring (bicyclic) bond motifs is 1.